The molecule has 0 aromatic carbocycles. The Morgan fingerprint density at radius 2 is 1.27 bits per heavy atom. The lowest BCUT2D eigenvalue weighted by molar-refractivity contribution is -0.135. The van der Waals surface area contributed by atoms with Gasteiger partial charge in [0.1, 0.15) is 5.78 Å². The number of Topliss-reactive ketones (excluding diaryl/α,β-unsaturated/α-hetero) is 3. The summed E-state index contributed by atoms with van der Waals surface area (Å²) < 4.78 is 0. The Morgan fingerprint density at radius 3 is 1.27 bits per heavy atom. The molecular weight excluding hydrogens is 144 g/mol. The smallest absolute Gasteiger partial charge is 0.197 e. The molecule has 64 valence electrons. The first kappa shape index (κ1) is 12.7. The van der Waals surface area contributed by atoms with Gasteiger partial charge in [-0.2, -0.15) is 0 Å². The molecule has 0 aliphatic rings. The van der Waals surface area contributed by atoms with Crippen LogP contribution >= 0.6 is 0 Å². The zero-order chi connectivity index (χ0) is 9.44. The fraction of sp³-hybridized carbons (Fsp3) is 0.625. The van der Waals surface area contributed by atoms with E-state index in [2.05, 4.69) is 0 Å². The Morgan fingerprint density at radius 1 is 1.00 bits per heavy atom. The normalized spacial score (nSPS) is 7.64. The van der Waals surface area contributed by atoms with Crippen LogP contribution in [0.2, 0.25) is 0 Å². The molecule has 0 saturated carbocycles. The third-order valence-corrected chi connectivity index (χ3v) is 0.714. The highest BCUT2D eigenvalue weighted by atomic mass is 16.2. The molecule has 0 rings (SSSR count). The fourth-order valence-corrected chi connectivity index (χ4v) is 0.249. The molecule has 0 radical (unpaired) electrons. The molecule has 0 aromatic rings. The first-order valence-electron chi connectivity index (χ1n) is 3.42. The second-order valence-electron chi connectivity index (χ2n) is 2.24. The quantitative estimate of drug-likeness (QED) is 0.566. The number of carbonyl (C=O) groups excluding carboxylic acids is 3. The van der Waals surface area contributed by atoms with Crippen LogP contribution in [0.15, 0.2) is 0 Å². The maximum Gasteiger partial charge on any atom is 0.197 e. The largest absolute Gasteiger partial charge is 0.300 e. The fourth-order valence-electron chi connectivity index (χ4n) is 0.249. The summed E-state index contributed by atoms with van der Waals surface area (Å²) in [6.07, 6.45) is 0.329. The van der Waals surface area contributed by atoms with Crippen LogP contribution in [-0.4, -0.2) is 17.3 Å². The summed E-state index contributed by atoms with van der Waals surface area (Å²) in [6, 6.07) is 0. The summed E-state index contributed by atoms with van der Waals surface area (Å²) in [5.74, 6) is -0.470. The molecule has 3 heteroatoms. The average molecular weight is 158 g/mol. The van der Waals surface area contributed by atoms with E-state index in [9.17, 15) is 14.4 Å². The first-order chi connectivity index (χ1) is 4.91. The molecule has 0 N–H and O–H groups in total. The second-order valence-corrected chi connectivity index (χ2v) is 2.24. The number of carbonyl (C=O) groups is 3. The van der Waals surface area contributed by atoms with Crippen molar-refractivity contribution in [1.82, 2.24) is 0 Å². The second kappa shape index (κ2) is 7.12. The van der Waals surface area contributed by atoms with Crippen LogP contribution in [0, 0.1) is 0 Å². The number of hydrogen-bond acceptors (Lipinski definition) is 3. The van der Waals surface area contributed by atoms with Gasteiger partial charge in [0.05, 0.1) is 0 Å². The Bertz CT molecular complexity index is 155. The molecule has 11 heavy (non-hydrogen) atoms. The molecule has 0 atom stereocenters. The molecule has 0 spiro atoms. The van der Waals surface area contributed by atoms with Crippen LogP contribution in [0.25, 0.3) is 0 Å². The van der Waals surface area contributed by atoms with Crippen molar-refractivity contribution >= 4 is 17.3 Å². The summed E-state index contributed by atoms with van der Waals surface area (Å²) in [5, 5.41) is 0. The van der Waals surface area contributed by atoms with Crippen molar-refractivity contribution in [3.63, 3.8) is 0 Å². The Kier molecular flexibility index (Phi) is 8.20. The molecular formula is C8H14O3. The van der Waals surface area contributed by atoms with E-state index in [1.165, 1.54) is 20.8 Å². The van der Waals surface area contributed by atoms with Crippen LogP contribution < -0.4 is 0 Å². The Labute approximate surface area is 66.8 Å². The molecule has 0 aromatic heterocycles. The number of ketones is 3. The lowest BCUT2D eigenvalue weighted by atomic mass is 10.2. The highest BCUT2D eigenvalue weighted by Gasteiger charge is 2.00. The third kappa shape index (κ3) is 17.6. The van der Waals surface area contributed by atoms with Gasteiger partial charge in [0.2, 0.25) is 0 Å². The van der Waals surface area contributed by atoms with E-state index in [-0.39, 0.29) is 17.3 Å². The first-order valence-corrected chi connectivity index (χ1v) is 3.42. The molecule has 0 bridgehead atoms. The van der Waals surface area contributed by atoms with Crippen molar-refractivity contribution in [3.8, 4) is 0 Å². The van der Waals surface area contributed by atoms with Crippen LogP contribution in [0.5, 0.6) is 0 Å². The van der Waals surface area contributed by atoms with Crippen molar-refractivity contribution in [2.45, 2.75) is 34.1 Å². The maximum absolute atomic E-state index is 10.2. The van der Waals surface area contributed by atoms with Gasteiger partial charge in [-0.05, 0) is 13.8 Å². The van der Waals surface area contributed by atoms with Crippen LogP contribution in [0.1, 0.15) is 34.1 Å². The molecule has 0 heterocycles. The minimum Gasteiger partial charge on any atom is -0.300 e. The highest BCUT2D eigenvalue weighted by Crippen LogP contribution is 1.79. The summed E-state index contributed by atoms with van der Waals surface area (Å²) in [6.45, 7) is 6.01. The maximum atomic E-state index is 10.2. The predicted octanol–water partition coefficient (Wildman–Crippen LogP) is 1.15. The van der Waals surface area contributed by atoms with E-state index in [0.717, 1.165) is 0 Å². The zero-order valence-corrected chi connectivity index (χ0v) is 7.43. The average Bonchev–Trinajstić information content (AvgIpc) is 1.85. The van der Waals surface area contributed by atoms with Gasteiger partial charge in [0, 0.05) is 13.3 Å². The van der Waals surface area contributed by atoms with E-state index >= 15 is 0 Å². The summed E-state index contributed by atoms with van der Waals surface area (Å²) >= 11 is 0. The monoisotopic (exact) mass is 158 g/mol. The minimum absolute atomic E-state index is 0.167. The van der Waals surface area contributed by atoms with Gasteiger partial charge in [-0.15, -0.1) is 0 Å². The van der Waals surface area contributed by atoms with Gasteiger partial charge in [0.15, 0.2) is 11.6 Å². The topological polar surface area (TPSA) is 51.2 Å². The molecule has 0 saturated heterocycles. The van der Waals surface area contributed by atoms with Crippen LogP contribution in [0.4, 0.5) is 0 Å². The van der Waals surface area contributed by atoms with Crippen LogP contribution in [-0.2, 0) is 14.4 Å². The molecule has 0 fully saturated rings. The third-order valence-electron chi connectivity index (χ3n) is 0.714. The summed E-state index contributed by atoms with van der Waals surface area (Å²) in [4.78, 5) is 29.6. The van der Waals surface area contributed by atoms with Gasteiger partial charge in [-0.3, -0.25) is 9.59 Å². The van der Waals surface area contributed by atoms with Gasteiger partial charge < -0.3 is 4.79 Å². The molecule has 0 aliphatic carbocycles. The Hall–Kier alpha value is -0.990. The number of rotatable bonds is 2. The SMILES string of the molecule is CC(C)=O.CCC(=O)C(C)=O. The van der Waals surface area contributed by atoms with Crippen molar-refractivity contribution in [2.24, 2.45) is 0 Å². The van der Waals surface area contributed by atoms with Crippen molar-refractivity contribution < 1.29 is 14.4 Å². The van der Waals surface area contributed by atoms with Crippen molar-refractivity contribution in [1.29, 1.82) is 0 Å². The van der Waals surface area contributed by atoms with E-state index in [1.807, 2.05) is 0 Å². The molecule has 0 aliphatic heterocycles. The van der Waals surface area contributed by atoms with Gasteiger partial charge in [-0.25, -0.2) is 0 Å². The highest BCUT2D eigenvalue weighted by molar-refractivity contribution is 6.36. The predicted molar refractivity (Wildman–Crippen MR) is 42.3 cm³/mol. The standard InChI is InChI=1S/C5H8O2.C3H6O/c1-3-5(7)4(2)6;1-3(2)4/h3H2,1-2H3;1-2H3. The van der Waals surface area contributed by atoms with Crippen LogP contribution in [0.3, 0.4) is 0 Å². The van der Waals surface area contributed by atoms with E-state index in [1.54, 1.807) is 6.92 Å². The summed E-state index contributed by atoms with van der Waals surface area (Å²) in [7, 11) is 0. The Balaban J connectivity index is 0. The lowest BCUT2D eigenvalue weighted by Crippen LogP contribution is -2.06. The van der Waals surface area contributed by atoms with Gasteiger partial charge >= 0.3 is 0 Å². The zero-order valence-electron chi connectivity index (χ0n) is 7.43. The minimum atomic E-state index is -0.345. The van der Waals surface area contributed by atoms with Gasteiger partial charge in [0.25, 0.3) is 0 Å². The van der Waals surface area contributed by atoms with Gasteiger partial charge in [-0.1, -0.05) is 6.92 Å². The van der Waals surface area contributed by atoms with E-state index < -0.39 is 0 Å². The van der Waals surface area contributed by atoms with E-state index in [4.69, 9.17) is 0 Å². The number of hydrogen-bond donors (Lipinski definition) is 0. The lowest BCUT2D eigenvalue weighted by Gasteiger charge is -1.81. The molecule has 3 nitrogen and oxygen atoms in total. The van der Waals surface area contributed by atoms with Crippen molar-refractivity contribution in [3.05, 3.63) is 0 Å². The molecule has 0 amide bonds. The molecule has 0 unspecified atom stereocenters. The van der Waals surface area contributed by atoms with Crippen molar-refractivity contribution in [2.75, 3.05) is 0 Å². The van der Waals surface area contributed by atoms with E-state index in [0.29, 0.717) is 6.42 Å². The summed E-state index contributed by atoms with van der Waals surface area (Å²) in [5.41, 5.74) is 0.